The minimum Gasteiger partial charge on any atom is -0.481 e. The van der Waals surface area contributed by atoms with Gasteiger partial charge in [-0.05, 0) is 24.3 Å². The zero-order valence-corrected chi connectivity index (χ0v) is 13.2. The predicted octanol–water partition coefficient (Wildman–Crippen LogP) is 2.26. The van der Waals surface area contributed by atoms with Crippen LogP contribution in [0.15, 0.2) is 59.5 Å². The van der Waals surface area contributed by atoms with E-state index in [1.807, 2.05) is 0 Å². The standard InChI is InChI=1S/C15H14N2O6S/c18-15(19)10-11-16(12-4-2-1-3-5-12)24(22,23)14-8-6-13(7-9-14)17(20)21/h1-9H,10-11H2,(H,18,19). The number of carbonyl (C=O) groups is 1. The van der Waals surface area contributed by atoms with Crippen LogP contribution in [-0.2, 0) is 14.8 Å². The third kappa shape index (κ3) is 3.87. The Morgan fingerprint density at radius 3 is 2.17 bits per heavy atom. The predicted molar refractivity (Wildman–Crippen MR) is 86.3 cm³/mol. The highest BCUT2D eigenvalue weighted by atomic mass is 32.2. The molecule has 0 aliphatic rings. The van der Waals surface area contributed by atoms with Crippen LogP contribution in [0.5, 0.6) is 0 Å². The van der Waals surface area contributed by atoms with Crippen molar-refractivity contribution in [2.24, 2.45) is 0 Å². The van der Waals surface area contributed by atoms with E-state index in [0.717, 1.165) is 28.6 Å². The van der Waals surface area contributed by atoms with Crippen molar-refractivity contribution in [3.05, 3.63) is 64.7 Å². The average molecular weight is 350 g/mol. The molecule has 0 aliphatic heterocycles. The van der Waals surface area contributed by atoms with Crippen LogP contribution in [0.2, 0.25) is 0 Å². The molecule has 126 valence electrons. The summed E-state index contributed by atoms with van der Waals surface area (Å²) in [5, 5.41) is 19.5. The maximum Gasteiger partial charge on any atom is 0.305 e. The summed E-state index contributed by atoms with van der Waals surface area (Å²) in [5.74, 6) is -1.13. The largest absolute Gasteiger partial charge is 0.481 e. The molecule has 0 saturated heterocycles. The van der Waals surface area contributed by atoms with Gasteiger partial charge in [0.25, 0.3) is 15.7 Å². The normalized spacial score (nSPS) is 11.0. The molecule has 2 rings (SSSR count). The van der Waals surface area contributed by atoms with Crippen LogP contribution in [0.25, 0.3) is 0 Å². The van der Waals surface area contributed by atoms with Crippen molar-refractivity contribution in [2.75, 3.05) is 10.8 Å². The van der Waals surface area contributed by atoms with Gasteiger partial charge in [0.1, 0.15) is 0 Å². The molecule has 0 unspecified atom stereocenters. The number of sulfonamides is 1. The summed E-state index contributed by atoms with van der Waals surface area (Å²) in [6.07, 6.45) is -0.374. The van der Waals surface area contributed by atoms with Crippen LogP contribution in [-0.4, -0.2) is 31.0 Å². The lowest BCUT2D eigenvalue weighted by Gasteiger charge is -2.23. The van der Waals surface area contributed by atoms with Gasteiger partial charge in [-0.3, -0.25) is 19.2 Å². The number of para-hydroxylation sites is 1. The first kappa shape index (κ1) is 17.4. The number of nitro benzene ring substituents is 1. The summed E-state index contributed by atoms with van der Waals surface area (Å²) in [7, 11) is -4.04. The fourth-order valence-electron chi connectivity index (χ4n) is 2.05. The number of hydrogen-bond donors (Lipinski definition) is 1. The second kappa shape index (κ2) is 7.09. The van der Waals surface area contributed by atoms with Crippen LogP contribution in [0.1, 0.15) is 6.42 Å². The van der Waals surface area contributed by atoms with Crippen molar-refractivity contribution in [1.82, 2.24) is 0 Å². The molecule has 0 amide bonds. The summed E-state index contributed by atoms with van der Waals surface area (Å²) in [5.41, 5.74) is 0.0860. The zero-order valence-electron chi connectivity index (χ0n) is 12.4. The summed E-state index contributed by atoms with van der Waals surface area (Å²) < 4.78 is 26.6. The Labute approximate surface area is 138 Å². The van der Waals surface area contributed by atoms with E-state index in [1.165, 1.54) is 0 Å². The molecule has 0 spiro atoms. The van der Waals surface area contributed by atoms with Crippen molar-refractivity contribution in [2.45, 2.75) is 11.3 Å². The minimum atomic E-state index is -4.04. The lowest BCUT2D eigenvalue weighted by molar-refractivity contribution is -0.384. The molecule has 0 radical (unpaired) electrons. The van der Waals surface area contributed by atoms with Gasteiger partial charge in [-0.2, -0.15) is 0 Å². The third-order valence-electron chi connectivity index (χ3n) is 3.21. The summed E-state index contributed by atoms with van der Waals surface area (Å²) in [6, 6.07) is 12.5. The molecule has 0 bridgehead atoms. The molecule has 1 N–H and O–H groups in total. The maximum absolute atomic E-state index is 12.8. The van der Waals surface area contributed by atoms with E-state index in [1.54, 1.807) is 30.3 Å². The minimum absolute atomic E-state index is 0.151. The average Bonchev–Trinajstić information content (AvgIpc) is 2.55. The summed E-state index contributed by atoms with van der Waals surface area (Å²) >= 11 is 0. The van der Waals surface area contributed by atoms with Crippen LogP contribution >= 0.6 is 0 Å². The fraction of sp³-hybridized carbons (Fsp3) is 0.133. The second-order valence-electron chi connectivity index (χ2n) is 4.81. The topological polar surface area (TPSA) is 118 Å². The van der Waals surface area contributed by atoms with Crippen molar-refractivity contribution in [1.29, 1.82) is 0 Å². The maximum atomic E-state index is 12.8. The molecule has 24 heavy (non-hydrogen) atoms. The van der Waals surface area contributed by atoms with Gasteiger partial charge in [-0.25, -0.2) is 8.42 Å². The van der Waals surface area contributed by atoms with Crippen LogP contribution in [0.3, 0.4) is 0 Å². The lowest BCUT2D eigenvalue weighted by atomic mass is 10.3. The first-order valence-electron chi connectivity index (χ1n) is 6.86. The SMILES string of the molecule is O=C(O)CCN(c1ccccc1)S(=O)(=O)c1ccc([N+](=O)[O-])cc1. The molecule has 9 heteroatoms. The number of anilines is 1. The van der Waals surface area contributed by atoms with Crippen LogP contribution in [0.4, 0.5) is 11.4 Å². The van der Waals surface area contributed by atoms with E-state index in [4.69, 9.17) is 5.11 Å². The van der Waals surface area contributed by atoms with Gasteiger partial charge in [0, 0.05) is 18.7 Å². The van der Waals surface area contributed by atoms with E-state index in [-0.39, 0.29) is 23.5 Å². The van der Waals surface area contributed by atoms with Gasteiger partial charge in [0.15, 0.2) is 0 Å². The van der Waals surface area contributed by atoms with Gasteiger partial charge in [0.2, 0.25) is 0 Å². The molecule has 0 aliphatic carbocycles. The van der Waals surface area contributed by atoms with Gasteiger partial charge < -0.3 is 5.11 Å². The Balaban J connectivity index is 2.42. The van der Waals surface area contributed by atoms with Crippen molar-refractivity contribution >= 4 is 27.4 Å². The summed E-state index contributed by atoms with van der Waals surface area (Å²) in [6.45, 7) is -0.251. The van der Waals surface area contributed by atoms with Gasteiger partial charge in [-0.1, -0.05) is 18.2 Å². The molecule has 0 saturated carbocycles. The number of rotatable bonds is 7. The Bertz CT molecular complexity index is 834. The van der Waals surface area contributed by atoms with Gasteiger partial charge in [0.05, 0.1) is 21.9 Å². The van der Waals surface area contributed by atoms with Gasteiger partial charge >= 0.3 is 5.97 Å². The second-order valence-corrected chi connectivity index (χ2v) is 6.67. The number of nitrogens with zero attached hydrogens (tertiary/aromatic N) is 2. The first-order chi connectivity index (χ1) is 11.3. The molecule has 0 aromatic heterocycles. The first-order valence-corrected chi connectivity index (χ1v) is 8.30. The number of hydrogen-bond acceptors (Lipinski definition) is 5. The monoisotopic (exact) mass is 350 g/mol. The quantitative estimate of drug-likeness (QED) is 0.604. The smallest absolute Gasteiger partial charge is 0.305 e. The van der Waals surface area contributed by atoms with E-state index >= 15 is 0 Å². The number of carboxylic acid groups (broad SMARTS) is 1. The number of carboxylic acids is 1. The van der Waals surface area contributed by atoms with Crippen molar-refractivity contribution in [3.63, 3.8) is 0 Å². The fourth-order valence-corrected chi connectivity index (χ4v) is 3.51. The number of nitro groups is 1. The highest BCUT2D eigenvalue weighted by Gasteiger charge is 2.26. The molecule has 2 aromatic rings. The molecule has 2 aromatic carbocycles. The number of non-ortho nitro benzene ring substituents is 1. The van der Waals surface area contributed by atoms with E-state index < -0.39 is 20.9 Å². The summed E-state index contributed by atoms with van der Waals surface area (Å²) in [4.78, 5) is 20.7. The highest BCUT2D eigenvalue weighted by molar-refractivity contribution is 7.92. The van der Waals surface area contributed by atoms with Crippen molar-refractivity contribution in [3.8, 4) is 0 Å². The number of benzene rings is 2. The zero-order chi connectivity index (χ0) is 17.7. The molecule has 0 heterocycles. The Kier molecular flexibility index (Phi) is 5.14. The van der Waals surface area contributed by atoms with E-state index in [0.29, 0.717) is 5.69 Å². The van der Waals surface area contributed by atoms with E-state index in [9.17, 15) is 23.3 Å². The molecule has 0 atom stereocenters. The lowest BCUT2D eigenvalue weighted by Crippen LogP contribution is -2.33. The van der Waals surface area contributed by atoms with Gasteiger partial charge in [-0.15, -0.1) is 0 Å². The van der Waals surface area contributed by atoms with Crippen LogP contribution in [0, 0.1) is 10.1 Å². The van der Waals surface area contributed by atoms with E-state index in [2.05, 4.69) is 0 Å². The van der Waals surface area contributed by atoms with Crippen molar-refractivity contribution < 1.29 is 23.2 Å². The molecular weight excluding hydrogens is 336 g/mol. The molecule has 0 fully saturated rings. The Morgan fingerprint density at radius 2 is 1.67 bits per heavy atom. The van der Waals surface area contributed by atoms with Crippen LogP contribution < -0.4 is 4.31 Å². The Hall–Kier alpha value is -2.94. The molecular formula is C15H14N2O6S. The highest BCUT2D eigenvalue weighted by Crippen LogP contribution is 2.25. The number of aliphatic carboxylic acids is 1. The Morgan fingerprint density at radius 1 is 1.08 bits per heavy atom. The third-order valence-corrected chi connectivity index (χ3v) is 5.05. The molecule has 8 nitrogen and oxygen atoms in total.